The number of hydrogen-bond acceptors (Lipinski definition) is 5. The molecule has 0 saturated carbocycles. The van der Waals surface area contributed by atoms with Gasteiger partial charge in [-0.1, -0.05) is 30.7 Å². The van der Waals surface area contributed by atoms with Crippen LogP contribution in [0, 0.1) is 5.92 Å². The van der Waals surface area contributed by atoms with Crippen molar-refractivity contribution in [2.45, 2.75) is 39.2 Å². The van der Waals surface area contributed by atoms with E-state index in [1.165, 1.54) is 4.68 Å². The second kappa shape index (κ2) is 6.78. The molecule has 6 heteroatoms. The fourth-order valence-electron chi connectivity index (χ4n) is 2.33. The van der Waals surface area contributed by atoms with Crippen LogP contribution in [0.5, 0.6) is 0 Å². The number of ether oxygens (including phenoxy) is 1. The van der Waals surface area contributed by atoms with Crippen LogP contribution in [0.3, 0.4) is 0 Å². The van der Waals surface area contributed by atoms with E-state index in [1.54, 1.807) is 0 Å². The number of rotatable bonds is 7. The number of benzene rings is 1. The molecule has 0 aliphatic rings. The highest BCUT2D eigenvalue weighted by atomic mass is 16.6. The standard InChI is InChI=1S/C14H21N3O3/c1-3-7-10(14(19)20-4-2)13(18)17-12-9-6-5-8-11(12)15-16-17/h5-6,8-10,13-14,18-19H,3-4,7H2,1-2H3. The van der Waals surface area contributed by atoms with Gasteiger partial charge < -0.3 is 14.9 Å². The number of hydrogen-bond donors (Lipinski definition) is 2. The first-order valence-corrected chi connectivity index (χ1v) is 6.96. The summed E-state index contributed by atoms with van der Waals surface area (Å²) in [4.78, 5) is 0. The van der Waals surface area contributed by atoms with Gasteiger partial charge in [-0.3, -0.25) is 0 Å². The lowest BCUT2D eigenvalue weighted by Gasteiger charge is -2.27. The molecule has 1 heterocycles. The minimum Gasteiger partial charge on any atom is -0.371 e. The van der Waals surface area contributed by atoms with E-state index in [1.807, 2.05) is 38.1 Å². The Kier molecular flexibility index (Phi) is 5.05. The zero-order chi connectivity index (χ0) is 14.5. The van der Waals surface area contributed by atoms with E-state index < -0.39 is 18.4 Å². The number of nitrogens with zero attached hydrogens (tertiary/aromatic N) is 3. The van der Waals surface area contributed by atoms with Gasteiger partial charge >= 0.3 is 0 Å². The van der Waals surface area contributed by atoms with E-state index in [0.29, 0.717) is 18.5 Å². The molecule has 110 valence electrons. The largest absolute Gasteiger partial charge is 0.371 e. The van der Waals surface area contributed by atoms with Crippen LogP contribution < -0.4 is 0 Å². The van der Waals surface area contributed by atoms with Crippen LogP contribution in [0.4, 0.5) is 0 Å². The Morgan fingerprint density at radius 2 is 2.00 bits per heavy atom. The van der Waals surface area contributed by atoms with Crippen LogP contribution in [-0.2, 0) is 4.74 Å². The fourth-order valence-corrected chi connectivity index (χ4v) is 2.33. The van der Waals surface area contributed by atoms with Crippen LogP contribution in [0.25, 0.3) is 11.0 Å². The molecule has 1 aromatic carbocycles. The Balaban J connectivity index is 2.28. The summed E-state index contributed by atoms with van der Waals surface area (Å²) >= 11 is 0. The molecule has 2 rings (SSSR count). The molecule has 0 amide bonds. The number of aliphatic hydroxyl groups is 2. The normalized spacial score (nSPS) is 16.2. The summed E-state index contributed by atoms with van der Waals surface area (Å²) in [6.07, 6.45) is -0.517. The zero-order valence-electron chi connectivity index (χ0n) is 11.8. The molecular formula is C14H21N3O3. The minimum atomic E-state index is -1.02. The highest BCUT2D eigenvalue weighted by Gasteiger charge is 2.29. The third kappa shape index (κ3) is 2.98. The Morgan fingerprint density at radius 1 is 1.25 bits per heavy atom. The SMILES string of the molecule is CCCC(C(O)OCC)C(O)n1nnc2ccccc21. The molecular weight excluding hydrogens is 258 g/mol. The molecule has 0 aliphatic heterocycles. The van der Waals surface area contributed by atoms with Gasteiger partial charge in [0.25, 0.3) is 0 Å². The summed E-state index contributed by atoms with van der Waals surface area (Å²) in [5, 5.41) is 28.6. The number of aromatic nitrogens is 3. The zero-order valence-corrected chi connectivity index (χ0v) is 11.8. The molecule has 0 aliphatic carbocycles. The van der Waals surface area contributed by atoms with E-state index >= 15 is 0 Å². The van der Waals surface area contributed by atoms with Crippen LogP contribution in [0.2, 0.25) is 0 Å². The van der Waals surface area contributed by atoms with Crippen molar-refractivity contribution < 1.29 is 14.9 Å². The Bertz CT molecular complexity index is 543. The van der Waals surface area contributed by atoms with Crippen LogP contribution >= 0.6 is 0 Å². The maximum Gasteiger partial charge on any atom is 0.161 e. The van der Waals surface area contributed by atoms with Gasteiger partial charge in [-0.25, -0.2) is 4.68 Å². The van der Waals surface area contributed by atoms with E-state index in [0.717, 1.165) is 11.9 Å². The summed E-state index contributed by atoms with van der Waals surface area (Å²) in [5.74, 6) is -0.440. The molecule has 0 radical (unpaired) electrons. The summed E-state index contributed by atoms with van der Waals surface area (Å²) in [6, 6.07) is 7.41. The molecule has 1 aromatic heterocycles. The van der Waals surface area contributed by atoms with Gasteiger partial charge in [-0.15, -0.1) is 5.10 Å². The Hall–Kier alpha value is -1.50. The van der Waals surface area contributed by atoms with Gasteiger partial charge in [-0.05, 0) is 25.5 Å². The topological polar surface area (TPSA) is 80.4 Å². The maximum atomic E-state index is 10.5. The number of fused-ring (bicyclic) bond motifs is 1. The second-order valence-corrected chi connectivity index (χ2v) is 4.73. The van der Waals surface area contributed by atoms with Crippen LogP contribution in [0.15, 0.2) is 24.3 Å². The summed E-state index contributed by atoms with van der Waals surface area (Å²) in [6.45, 7) is 4.20. The van der Waals surface area contributed by atoms with Crippen molar-refractivity contribution in [3.8, 4) is 0 Å². The van der Waals surface area contributed by atoms with Gasteiger partial charge in [-0.2, -0.15) is 0 Å². The summed E-state index contributed by atoms with van der Waals surface area (Å²) < 4.78 is 6.66. The van der Waals surface area contributed by atoms with Gasteiger partial charge in [0.2, 0.25) is 0 Å². The third-order valence-electron chi connectivity index (χ3n) is 3.34. The van der Waals surface area contributed by atoms with Crippen molar-refractivity contribution in [3.63, 3.8) is 0 Å². The van der Waals surface area contributed by atoms with Gasteiger partial charge in [0, 0.05) is 6.61 Å². The van der Waals surface area contributed by atoms with Crippen molar-refractivity contribution in [2.75, 3.05) is 6.61 Å². The van der Waals surface area contributed by atoms with Crippen LogP contribution in [0.1, 0.15) is 32.9 Å². The fraction of sp³-hybridized carbons (Fsp3) is 0.571. The quantitative estimate of drug-likeness (QED) is 0.754. The molecule has 3 unspecified atom stereocenters. The van der Waals surface area contributed by atoms with Gasteiger partial charge in [0.1, 0.15) is 5.52 Å². The maximum absolute atomic E-state index is 10.5. The molecule has 20 heavy (non-hydrogen) atoms. The minimum absolute atomic E-state index is 0.395. The van der Waals surface area contributed by atoms with Gasteiger partial charge in [0.15, 0.2) is 12.5 Å². The number of para-hydroxylation sites is 1. The molecule has 0 spiro atoms. The first kappa shape index (κ1) is 14.9. The van der Waals surface area contributed by atoms with E-state index in [2.05, 4.69) is 10.3 Å². The highest BCUT2D eigenvalue weighted by Crippen LogP contribution is 2.26. The van der Waals surface area contributed by atoms with Crippen molar-refractivity contribution >= 4 is 11.0 Å². The lowest BCUT2D eigenvalue weighted by molar-refractivity contribution is -0.171. The molecule has 3 atom stereocenters. The van der Waals surface area contributed by atoms with E-state index in [-0.39, 0.29) is 0 Å². The van der Waals surface area contributed by atoms with Crippen molar-refractivity contribution in [1.29, 1.82) is 0 Å². The average Bonchev–Trinajstić information content (AvgIpc) is 2.88. The van der Waals surface area contributed by atoms with Crippen LogP contribution in [-0.4, -0.2) is 38.1 Å². The smallest absolute Gasteiger partial charge is 0.161 e. The average molecular weight is 279 g/mol. The van der Waals surface area contributed by atoms with Crippen molar-refractivity contribution in [1.82, 2.24) is 15.0 Å². The molecule has 6 nitrogen and oxygen atoms in total. The molecule has 0 saturated heterocycles. The molecule has 0 fully saturated rings. The summed E-state index contributed by atoms with van der Waals surface area (Å²) in [5.41, 5.74) is 1.46. The second-order valence-electron chi connectivity index (χ2n) is 4.73. The van der Waals surface area contributed by atoms with Gasteiger partial charge in [0.05, 0.1) is 11.4 Å². The lowest BCUT2D eigenvalue weighted by Crippen LogP contribution is -2.32. The Morgan fingerprint density at radius 3 is 2.70 bits per heavy atom. The van der Waals surface area contributed by atoms with E-state index in [4.69, 9.17) is 4.74 Å². The molecule has 0 bridgehead atoms. The molecule has 2 N–H and O–H groups in total. The lowest BCUT2D eigenvalue weighted by atomic mass is 10.0. The highest BCUT2D eigenvalue weighted by molar-refractivity contribution is 5.73. The van der Waals surface area contributed by atoms with Crippen molar-refractivity contribution in [3.05, 3.63) is 24.3 Å². The van der Waals surface area contributed by atoms with E-state index in [9.17, 15) is 10.2 Å². The van der Waals surface area contributed by atoms with Crippen molar-refractivity contribution in [2.24, 2.45) is 5.92 Å². The first-order valence-electron chi connectivity index (χ1n) is 6.96. The molecule has 2 aromatic rings. The predicted molar refractivity (Wildman–Crippen MR) is 74.8 cm³/mol. The summed E-state index contributed by atoms with van der Waals surface area (Å²) in [7, 11) is 0. The Labute approximate surface area is 118 Å². The third-order valence-corrected chi connectivity index (χ3v) is 3.34. The predicted octanol–water partition coefficient (Wildman–Crippen LogP) is 1.69. The first-order chi connectivity index (χ1) is 9.69. The monoisotopic (exact) mass is 279 g/mol. The number of aliphatic hydroxyl groups excluding tert-OH is 2.